The maximum absolute atomic E-state index is 12.0. The number of pyridine rings is 1. The van der Waals surface area contributed by atoms with Gasteiger partial charge in [-0.3, -0.25) is 14.6 Å². The van der Waals surface area contributed by atoms with Gasteiger partial charge in [-0.15, -0.1) is 0 Å². The summed E-state index contributed by atoms with van der Waals surface area (Å²) in [5.74, 6) is -1.25. The third-order valence-corrected chi connectivity index (χ3v) is 4.77. The van der Waals surface area contributed by atoms with Crippen molar-refractivity contribution in [2.45, 2.75) is 31.7 Å². The van der Waals surface area contributed by atoms with Gasteiger partial charge in [0.25, 0.3) is 0 Å². The molecule has 0 saturated heterocycles. The van der Waals surface area contributed by atoms with Crippen molar-refractivity contribution in [3.63, 3.8) is 0 Å². The molecule has 2 amide bonds. The van der Waals surface area contributed by atoms with Crippen LogP contribution < -0.4 is 10.6 Å². The summed E-state index contributed by atoms with van der Waals surface area (Å²) in [6.07, 6.45) is 6.73. The quantitative estimate of drug-likeness (QED) is 0.818. The molecule has 1 fully saturated rings. The van der Waals surface area contributed by atoms with Crippen LogP contribution in [0.25, 0.3) is 10.9 Å². The number of rotatable bonds is 5. The van der Waals surface area contributed by atoms with Gasteiger partial charge in [-0.1, -0.05) is 18.9 Å². The lowest BCUT2D eigenvalue weighted by atomic mass is 10.2. The maximum Gasteiger partial charge on any atom is 0.313 e. The molecule has 1 aromatic carbocycles. The Morgan fingerprint density at radius 1 is 1.20 bits per heavy atom. The fourth-order valence-electron chi connectivity index (χ4n) is 3.29. The highest BCUT2D eigenvalue weighted by Gasteiger charge is 2.19. The van der Waals surface area contributed by atoms with Crippen LogP contribution in [0.1, 0.15) is 25.7 Å². The smallest absolute Gasteiger partial charge is 0.313 e. The van der Waals surface area contributed by atoms with E-state index in [1.165, 1.54) is 25.7 Å². The fraction of sp³-hybridized carbons (Fsp3) is 0.421. The van der Waals surface area contributed by atoms with Crippen molar-refractivity contribution in [1.29, 1.82) is 0 Å². The van der Waals surface area contributed by atoms with Crippen molar-refractivity contribution >= 4 is 28.4 Å². The van der Waals surface area contributed by atoms with E-state index in [4.69, 9.17) is 0 Å². The minimum absolute atomic E-state index is 0.473. The molecule has 0 bridgehead atoms. The molecule has 1 aromatic heterocycles. The molecule has 2 aromatic rings. The Balaban J connectivity index is 1.47. The Morgan fingerprint density at radius 3 is 2.80 bits per heavy atom. The van der Waals surface area contributed by atoms with E-state index in [9.17, 15) is 9.59 Å². The van der Waals surface area contributed by atoms with E-state index in [0.29, 0.717) is 18.3 Å². The number of carbonyl (C=O) groups excluding carboxylic acids is 2. The van der Waals surface area contributed by atoms with E-state index in [0.717, 1.165) is 17.4 Å². The largest absolute Gasteiger partial charge is 0.347 e. The molecule has 1 heterocycles. The van der Waals surface area contributed by atoms with E-state index >= 15 is 0 Å². The van der Waals surface area contributed by atoms with Gasteiger partial charge >= 0.3 is 11.8 Å². The summed E-state index contributed by atoms with van der Waals surface area (Å²) >= 11 is 0. The van der Waals surface area contributed by atoms with E-state index in [-0.39, 0.29) is 0 Å². The van der Waals surface area contributed by atoms with Gasteiger partial charge in [0.2, 0.25) is 0 Å². The topological polar surface area (TPSA) is 74.3 Å². The van der Waals surface area contributed by atoms with E-state index in [1.54, 1.807) is 18.3 Å². The summed E-state index contributed by atoms with van der Waals surface area (Å²) in [7, 11) is 2.07. The lowest BCUT2D eigenvalue weighted by molar-refractivity contribution is -0.136. The van der Waals surface area contributed by atoms with Gasteiger partial charge in [0, 0.05) is 36.4 Å². The normalized spacial score (nSPS) is 14.8. The van der Waals surface area contributed by atoms with E-state index in [1.807, 2.05) is 18.2 Å². The second-order valence-electron chi connectivity index (χ2n) is 6.54. The summed E-state index contributed by atoms with van der Waals surface area (Å²) < 4.78 is 0. The summed E-state index contributed by atoms with van der Waals surface area (Å²) in [5, 5.41) is 6.24. The van der Waals surface area contributed by atoms with Crippen LogP contribution in [0.2, 0.25) is 0 Å². The molecule has 132 valence electrons. The molecule has 3 rings (SSSR count). The Hall–Kier alpha value is -2.47. The third kappa shape index (κ3) is 4.54. The lowest BCUT2D eigenvalue weighted by Gasteiger charge is -2.23. The average Bonchev–Trinajstić information content (AvgIpc) is 3.16. The second kappa shape index (κ2) is 8.07. The van der Waals surface area contributed by atoms with Gasteiger partial charge in [-0.25, -0.2) is 0 Å². The first-order valence-electron chi connectivity index (χ1n) is 8.78. The number of nitrogens with zero attached hydrogens (tertiary/aromatic N) is 2. The van der Waals surface area contributed by atoms with Crippen molar-refractivity contribution in [2.24, 2.45) is 0 Å². The summed E-state index contributed by atoms with van der Waals surface area (Å²) in [4.78, 5) is 30.5. The standard InChI is InChI=1S/C19H24N4O2/c1-23(16-6-2-3-7-16)12-11-21-18(24)19(25)22-15-8-9-17-14(13-15)5-4-10-20-17/h4-5,8-10,13,16H,2-3,6-7,11-12H2,1H3,(H,21,24)(H,22,25). The number of likely N-dealkylation sites (N-methyl/N-ethyl adjacent to an activating group) is 1. The van der Waals surface area contributed by atoms with Crippen LogP contribution >= 0.6 is 0 Å². The molecule has 0 atom stereocenters. The van der Waals surface area contributed by atoms with Crippen LogP contribution in [0.4, 0.5) is 5.69 Å². The van der Waals surface area contributed by atoms with Gasteiger partial charge in [0.1, 0.15) is 0 Å². The first-order chi connectivity index (χ1) is 12.1. The molecule has 6 heteroatoms. The Morgan fingerprint density at radius 2 is 2.00 bits per heavy atom. The molecule has 2 N–H and O–H groups in total. The van der Waals surface area contributed by atoms with Crippen molar-refractivity contribution in [1.82, 2.24) is 15.2 Å². The van der Waals surface area contributed by atoms with Gasteiger partial charge in [0.05, 0.1) is 5.52 Å². The number of aromatic nitrogens is 1. The first kappa shape index (κ1) is 17.4. The number of fused-ring (bicyclic) bond motifs is 1. The maximum atomic E-state index is 12.0. The number of carbonyl (C=O) groups is 2. The van der Waals surface area contributed by atoms with Crippen molar-refractivity contribution in [2.75, 3.05) is 25.5 Å². The third-order valence-electron chi connectivity index (χ3n) is 4.77. The lowest BCUT2D eigenvalue weighted by Crippen LogP contribution is -2.41. The second-order valence-corrected chi connectivity index (χ2v) is 6.54. The highest BCUT2D eigenvalue weighted by Crippen LogP contribution is 2.21. The number of anilines is 1. The van der Waals surface area contributed by atoms with Crippen LogP contribution in [0, 0.1) is 0 Å². The van der Waals surface area contributed by atoms with Crippen LogP contribution in [0.3, 0.4) is 0 Å². The van der Waals surface area contributed by atoms with E-state index < -0.39 is 11.8 Å². The highest BCUT2D eigenvalue weighted by atomic mass is 16.2. The van der Waals surface area contributed by atoms with Crippen molar-refractivity contribution in [3.05, 3.63) is 36.5 Å². The predicted octanol–water partition coefficient (Wildman–Crippen LogP) is 2.16. The molecule has 0 unspecified atom stereocenters. The molecule has 6 nitrogen and oxygen atoms in total. The van der Waals surface area contributed by atoms with Crippen molar-refractivity contribution in [3.8, 4) is 0 Å². The van der Waals surface area contributed by atoms with Gasteiger partial charge < -0.3 is 15.5 Å². The zero-order valence-electron chi connectivity index (χ0n) is 14.5. The number of benzene rings is 1. The average molecular weight is 340 g/mol. The summed E-state index contributed by atoms with van der Waals surface area (Å²) in [5.41, 5.74) is 1.43. The summed E-state index contributed by atoms with van der Waals surface area (Å²) in [6, 6.07) is 9.73. The summed E-state index contributed by atoms with van der Waals surface area (Å²) in [6.45, 7) is 1.23. The van der Waals surface area contributed by atoms with Gasteiger partial charge in [-0.05, 0) is 44.2 Å². The molecule has 0 spiro atoms. The number of hydrogen-bond donors (Lipinski definition) is 2. The van der Waals surface area contributed by atoms with Gasteiger partial charge in [0.15, 0.2) is 0 Å². The van der Waals surface area contributed by atoms with Crippen LogP contribution in [-0.2, 0) is 9.59 Å². The van der Waals surface area contributed by atoms with Crippen molar-refractivity contribution < 1.29 is 9.59 Å². The molecule has 1 aliphatic rings. The first-order valence-corrected chi connectivity index (χ1v) is 8.78. The Labute approximate surface area is 147 Å². The van der Waals surface area contributed by atoms with Crippen LogP contribution in [0.15, 0.2) is 36.5 Å². The molecule has 0 aliphatic heterocycles. The zero-order valence-corrected chi connectivity index (χ0v) is 14.5. The number of hydrogen-bond acceptors (Lipinski definition) is 4. The monoisotopic (exact) mass is 340 g/mol. The Bertz CT molecular complexity index is 756. The minimum Gasteiger partial charge on any atom is -0.347 e. The molecule has 1 aliphatic carbocycles. The predicted molar refractivity (Wildman–Crippen MR) is 98.3 cm³/mol. The molecule has 0 radical (unpaired) electrons. The number of nitrogens with one attached hydrogen (secondary N) is 2. The highest BCUT2D eigenvalue weighted by molar-refractivity contribution is 6.39. The Kier molecular flexibility index (Phi) is 5.60. The van der Waals surface area contributed by atoms with Crippen LogP contribution in [-0.4, -0.2) is 47.9 Å². The van der Waals surface area contributed by atoms with Gasteiger partial charge in [-0.2, -0.15) is 0 Å². The molecule has 25 heavy (non-hydrogen) atoms. The zero-order chi connectivity index (χ0) is 17.6. The van der Waals surface area contributed by atoms with Crippen LogP contribution in [0.5, 0.6) is 0 Å². The minimum atomic E-state index is -0.647. The number of amides is 2. The molecule has 1 saturated carbocycles. The molecular formula is C19H24N4O2. The SMILES string of the molecule is CN(CCNC(=O)C(=O)Nc1ccc2ncccc2c1)C1CCCC1. The van der Waals surface area contributed by atoms with E-state index in [2.05, 4.69) is 27.6 Å². The molecular weight excluding hydrogens is 316 g/mol. The fourth-order valence-corrected chi connectivity index (χ4v) is 3.29.